The summed E-state index contributed by atoms with van der Waals surface area (Å²) in [4.78, 5) is 0. The van der Waals surface area contributed by atoms with E-state index in [4.69, 9.17) is 0 Å². The minimum absolute atomic E-state index is 1.08. The number of nitrogens with two attached hydrogens (primary N) is 1. The lowest BCUT2D eigenvalue weighted by Gasteiger charge is -2.05. The largest absolute Gasteiger partial charge is 0.396 e. The molecule has 1 nitrogen and oxygen atoms in total. The van der Waals surface area contributed by atoms with Gasteiger partial charge in [-0.3, -0.25) is 0 Å². The van der Waals surface area contributed by atoms with E-state index < -0.39 is 0 Å². The standard InChI is InChI=1S/C6H12.CH3NS/c1-2-4-6-5-3-1;2-1-3/h1-6H2;1H,(H2,2,3). The fourth-order valence-corrected chi connectivity index (χ4v) is 1.06. The zero-order chi connectivity index (χ0) is 6.95. The molecule has 54 valence electrons. The first kappa shape index (κ1) is 8.89. The smallest absolute Gasteiger partial charge is 0.0588 e. The second kappa shape index (κ2) is 7.89. The summed E-state index contributed by atoms with van der Waals surface area (Å²) in [6.45, 7) is 0. The fraction of sp³-hybridized carbons (Fsp3) is 0.857. The van der Waals surface area contributed by atoms with Crippen molar-refractivity contribution in [1.29, 1.82) is 0 Å². The lowest BCUT2D eigenvalue weighted by atomic mass is 10.0. The Morgan fingerprint density at radius 2 is 1.00 bits per heavy atom. The van der Waals surface area contributed by atoms with Gasteiger partial charge in [0, 0.05) is 0 Å². The monoisotopic (exact) mass is 145 g/mol. The van der Waals surface area contributed by atoms with Crippen molar-refractivity contribution >= 4 is 17.7 Å². The van der Waals surface area contributed by atoms with Crippen LogP contribution in [-0.2, 0) is 0 Å². The Hall–Kier alpha value is -0.110. The van der Waals surface area contributed by atoms with E-state index >= 15 is 0 Å². The molecule has 2 heteroatoms. The van der Waals surface area contributed by atoms with Crippen LogP contribution in [0.5, 0.6) is 0 Å². The van der Waals surface area contributed by atoms with E-state index in [1.54, 1.807) is 0 Å². The van der Waals surface area contributed by atoms with Crippen LogP contribution in [0.2, 0.25) is 0 Å². The second-order valence-corrected chi connectivity index (χ2v) is 2.53. The molecule has 9 heavy (non-hydrogen) atoms. The summed E-state index contributed by atoms with van der Waals surface area (Å²) in [6, 6.07) is 0. The van der Waals surface area contributed by atoms with Crippen LogP contribution in [0.4, 0.5) is 0 Å². The Morgan fingerprint density at radius 3 is 1.11 bits per heavy atom. The Morgan fingerprint density at radius 1 is 0.889 bits per heavy atom. The normalized spacial score (nSPS) is 17.3. The summed E-state index contributed by atoms with van der Waals surface area (Å²) >= 11 is 4.05. The molecule has 0 spiro atoms. The SMILES string of the molecule is C1CCCCC1.NC=S. The molecular formula is C7H15NS. The molecular weight excluding hydrogens is 130 g/mol. The third kappa shape index (κ3) is 7.89. The Labute approximate surface area is 62.6 Å². The quantitative estimate of drug-likeness (QED) is 0.529. The molecule has 2 N–H and O–H groups in total. The first-order chi connectivity index (χ1) is 4.41. The van der Waals surface area contributed by atoms with Crippen molar-refractivity contribution in [3.8, 4) is 0 Å². The minimum atomic E-state index is 1.08. The van der Waals surface area contributed by atoms with Gasteiger partial charge < -0.3 is 5.73 Å². The Bertz CT molecular complexity index is 48.4. The molecule has 0 aliphatic heterocycles. The lowest BCUT2D eigenvalue weighted by molar-refractivity contribution is 0.504. The maximum absolute atomic E-state index is 4.54. The van der Waals surface area contributed by atoms with Crippen molar-refractivity contribution in [3.05, 3.63) is 0 Å². The van der Waals surface area contributed by atoms with E-state index in [-0.39, 0.29) is 0 Å². The predicted octanol–water partition coefficient (Wildman–Crippen LogP) is 2.24. The molecule has 0 aromatic rings. The fourth-order valence-electron chi connectivity index (χ4n) is 1.06. The zero-order valence-corrected chi connectivity index (χ0v) is 6.62. The van der Waals surface area contributed by atoms with Crippen LogP contribution in [-0.4, -0.2) is 5.49 Å². The van der Waals surface area contributed by atoms with Gasteiger partial charge in [0.05, 0.1) is 5.49 Å². The van der Waals surface area contributed by atoms with Crippen molar-refractivity contribution in [2.45, 2.75) is 38.5 Å². The summed E-state index contributed by atoms with van der Waals surface area (Å²) in [7, 11) is 0. The molecule has 0 bridgehead atoms. The van der Waals surface area contributed by atoms with Crippen LogP contribution >= 0.6 is 12.2 Å². The molecule has 0 saturated heterocycles. The average Bonchev–Trinajstić information content (AvgIpc) is 1.93. The number of hydrogen-bond donors (Lipinski definition) is 1. The molecule has 0 aromatic heterocycles. The molecule has 1 rings (SSSR count). The van der Waals surface area contributed by atoms with Gasteiger partial charge in [0.15, 0.2) is 0 Å². The van der Waals surface area contributed by atoms with Gasteiger partial charge in [-0.15, -0.1) is 0 Å². The average molecular weight is 145 g/mol. The Kier molecular flexibility index (Phi) is 7.79. The number of thiocarbonyl (C=S) groups is 1. The number of rotatable bonds is 0. The van der Waals surface area contributed by atoms with Crippen LogP contribution in [0.15, 0.2) is 0 Å². The van der Waals surface area contributed by atoms with E-state index in [0.717, 1.165) is 5.49 Å². The van der Waals surface area contributed by atoms with E-state index in [1.165, 1.54) is 38.5 Å². The van der Waals surface area contributed by atoms with Crippen molar-refractivity contribution in [2.75, 3.05) is 0 Å². The summed E-state index contributed by atoms with van der Waals surface area (Å²) in [5, 5.41) is 0. The van der Waals surface area contributed by atoms with Crippen molar-refractivity contribution in [1.82, 2.24) is 0 Å². The first-order valence-electron chi connectivity index (χ1n) is 3.57. The van der Waals surface area contributed by atoms with Gasteiger partial charge in [0.25, 0.3) is 0 Å². The molecule has 0 heterocycles. The highest BCUT2D eigenvalue weighted by molar-refractivity contribution is 7.78. The molecule has 1 saturated carbocycles. The summed E-state index contributed by atoms with van der Waals surface area (Å²) in [5.74, 6) is 0. The van der Waals surface area contributed by atoms with Gasteiger partial charge in [0.2, 0.25) is 0 Å². The third-order valence-corrected chi connectivity index (χ3v) is 1.50. The van der Waals surface area contributed by atoms with Gasteiger partial charge in [-0.25, -0.2) is 0 Å². The van der Waals surface area contributed by atoms with E-state index in [9.17, 15) is 0 Å². The molecule has 0 radical (unpaired) electrons. The highest BCUT2D eigenvalue weighted by atomic mass is 32.1. The molecule has 1 aliphatic rings. The summed E-state index contributed by atoms with van der Waals surface area (Å²) in [5.41, 5.74) is 5.62. The van der Waals surface area contributed by atoms with E-state index in [1.807, 2.05) is 0 Å². The van der Waals surface area contributed by atoms with Crippen molar-refractivity contribution in [3.63, 3.8) is 0 Å². The predicted molar refractivity (Wildman–Crippen MR) is 45.5 cm³/mol. The molecule has 0 amide bonds. The molecule has 1 fully saturated rings. The van der Waals surface area contributed by atoms with Gasteiger partial charge in [-0.05, 0) is 0 Å². The van der Waals surface area contributed by atoms with Crippen LogP contribution < -0.4 is 5.73 Å². The van der Waals surface area contributed by atoms with Gasteiger partial charge in [-0.1, -0.05) is 50.7 Å². The Balaban J connectivity index is 0.000000187. The maximum Gasteiger partial charge on any atom is 0.0588 e. The van der Waals surface area contributed by atoms with Crippen LogP contribution in [0.1, 0.15) is 38.5 Å². The maximum atomic E-state index is 4.54. The highest BCUT2D eigenvalue weighted by Gasteiger charge is 1.95. The molecule has 0 atom stereocenters. The second-order valence-electron chi connectivity index (χ2n) is 2.26. The lowest BCUT2D eigenvalue weighted by Crippen LogP contribution is -1.85. The minimum Gasteiger partial charge on any atom is -0.396 e. The van der Waals surface area contributed by atoms with Gasteiger partial charge in [-0.2, -0.15) is 0 Å². The van der Waals surface area contributed by atoms with Crippen molar-refractivity contribution < 1.29 is 0 Å². The summed E-state index contributed by atoms with van der Waals surface area (Å²) in [6.07, 6.45) is 9.00. The van der Waals surface area contributed by atoms with E-state index in [0.29, 0.717) is 0 Å². The highest BCUT2D eigenvalue weighted by Crippen LogP contribution is 2.15. The van der Waals surface area contributed by atoms with Gasteiger partial charge >= 0.3 is 0 Å². The zero-order valence-electron chi connectivity index (χ0n) is 5.81. The van der Waals surface area contributed by atoms with Crippen LogP contribution in [0.25, 0.3) is 0 Å². The summed E-state index contributed by atoms with van der Waals surface area (Å²) < 4.78 is 0. The van der Waals surface area contributed by atoms with E-state index in [2.05, 4.69) is 18.0 Å². The van der Waals surface area contributed by atoms with Crippen molar-refractivity contribution in [2.24, 2.45) is 5.73 Å². The molecule has 1 aliphatic carbocycles. The molecule has 0 aromatic carbocycles. The van der Waals surface area contributed by atoms with Crippen LogP contribution in [0.3, 0.4) is 0 Å². The topological polar surface area (TPSA) is 26.0 Å². The molecule has 0 unspecified atom stereocenters. The first-order valence-corrected chi connectivity index (χ1v) is 4.04. The van der Waals surface area contributed by atoms with Crippen LogP contribution in [0, 0.1) is 0 Å². The van der Waals surface area contributed by atoms with Gasteiger partial charge in [0.1, 0.15) is 0 Å². The third-order valence-electron chi connectivity index (χ3n) is 1.50. The number of hydrogen-bond acceptors (Lipinski definition) is 1.